The number of carbonyl (C=O) groups is 1. The Morgan fingerprint density at radius 1 is 1.12 bits per heavy atom. The Labute approximate surface area is 148 Å². The maximum absolute atomic E-state index is 11.2. The Morgan fingerprint density at radius 3 is 2.72 bits per heavy atom. The van der Waals surface area contributed by atoms with E-state index in [2.05, 4.69) is 46.8 Å². The summed E-state index contributed by atoms with van der Waals surface area (Å²) >= 11 is 0. The van der Waals surface area contributed by atoms with Gasteiger partial charge in [0.05, 0.1) is 12.8 Å². The van der Waals surface area contributed by atoms with Gasteiger partial charge in [0, 0.05) is 41.8 Å². The Hall–Kier alpha value is -2.62. The molecule has 0 saturated heterocycles. The van der Waals surface area contributed by atoms with Crippen LogP contribution >= 0.6 is 0 Å². The van der Waals surface area contributed by atoms with Gasteiger partial charge in [-0.2, -0.15) is 0 Å². The Balaban J connectivity index is 1.84. The summed E-state index contributed by atoms with van der Waals surface area (Å²) < 4.78 is 7.09. The number of esters is 1. The van der Waals surface area contributed by atoms with E-state index in [1.807, 2.05) is 12.3 Å². The minimum atomic E-state index is -0.127. The van der Waals surface area contributed by atoms with Gasteiger partial charge in [0.1, 0.15) is 0 Å². The van der Waals surface area contributed by atoms with Crippen LogP contribution in [0.15, 0.2) is 48.8 Å². The minimum absolute atomic E-state index is 0.127. The molecule has 2 aromatic heterocycles. The first-order valence-corrected chi connectivity index (χ1v) is 8.77. The van der Waals surface area contributed by atoms with Gasteiger partial charge in [-0.25, -0.2) is 0 Å². The van der Waals surface area contributed by atoms with E-state index in [0.29, 0.717) is 6.42 Å². The summed E-state index contributed by atoms with van der Waals surface area (Å²) in [5.41, 5.74) is 4.93. The zero-order valence-electron chi connectivity index (χ0n) is 14.9. The highest BCUT2D eigenvalue weighted by molar-refractivity contribution is 5.91. The molecule has 4 heteroatoms. The fourth-order valence-electron chi connectivity index (χ4n) is 3.40. The number of methoxy groups -OCH3 is 1. The molecule has 2 heterocycles. The number of hydrogen-bond donors (Lipinski definition) is 0. The van der Waals surface area contributed by atoms with Crippen LogP contribution in [-0.4, -0.2) is 22.6 Å². The highest BCUT2D eigenvalue weighted by Gasteiger charge is 2.15. The summed E-state index contributed by atoms with van der Waals surface area (Å²) in [6.07, 6.45) is 7.13. The van der Waals surface area contributed by atoms with Crippen molar-refractivity contribution >= 4 is 16.9 Å². The van der Waals surface area contributed by atoms with Crippen LogP contribution in [-0.2, 0) is 16.1 Å². The summed E-state index contributed by atoms with van der Waals surface area (Å²) in [5.74, 6) is -0.127. The van der Waals surface area contributed by atoms with Crippen molar-refractivity contribution < 1.29 is 9.53 Å². The number of rotatable bonds is 7. The number of hydrogen-bond acceptors (Lipinski definition) is 3. The number of aromatic nitrogens is 2. The Bertz CT molecular complexity index is 853. The molecule has 1 aromatic carbocycles. The number of fused-ring (bicyclic) bond motifs is 1. The summed E-state index contributed by atoms with van der Waals surface area (Å²) in [4.78, 5) is 15.5. The predicted octanol–water partition coefficient (Wildman–Crippen LogP) is 4.75. The van der Waals surface area contributed by atoms with E-state index >= 15 is 0 Å². The summed E-state index contributed by atoms with van der Waals surface area (Å²) in [6.45, 7) is 3.11. The molecule has 0 aliphatic heterocycles. The van der Waals surface area contributed by atoms with E-state index in [0.717, 1.165) is 31.4 Å². The molecular weight excluding hydrogens is 312 g/mol. The van der Waals surface area contributed by atoms with Crippen molar-refractivity contribution in [3.63, 3.8) is 0 Å². The van der Waals surface area contributed by atoms with Crippen LogP contribution in [0.5, 0.6) is 0 Å². The van der Waals surface area contributed by atoms with Gasteiger partial charge in [-0.05, 0) is 43.5 Å². The van der Waals surface area contributed by atoms with Crippen molar-refractivity contribution in [2.45, 2.75) is 39.2 Å². The summed E-state index contributed by atoms with van der Waals surface area (Å²) in [6, 6.07) is 12.6. The van der Waals surface area contributed by atoms with E-state index in [1.165, 1.54) is 29.3 Å². The first kappa shape index (κ1) is 17.2. The van der Waals surface area contributed by atoms with E-state index < -0.39 is 0 Å². The molecule has 0 aliphatic carbocycles. The lowest BCUT2D eigenvalue weighted by atomic mass is 10.1. The van der Waals surface area contributed by atoms with Crippen molar-refractivity contribution in [1.82, 2.24) is 9.55 Å². The average molecular weight is 336 g/mol. The smallest absolute Gasteiger partial charge is 0.305 e. The lowest BCUT2D eigenvalue weighted by molar-refractivity contribution is -0.140. The van der Waals surface area contributed by atoms with Crippen LogP contribution in [0.4, 0.5) is 0 Å². The number of aryl methyl sites for hydroxylation is 2. The van der Waals surface area contributed by atoms with Gasteiger partial charge in [-0.1, -0.05) is 24.6 Å². The molecule has 3 aromatic rings. The lowest BCUT2D eigenvalue weighted by Gasteiger charge is -2.11. The molecule has 0 aliphatic rings. The van der Waals surface area contributed by atoms with Crippen molar-refractivity contribution in [3.05, 3.63) is 54.4 Å². The fourth-order valence-corrected chi connectivity index (χ4v) is 3.40. The second kappa shape index (κ2) is 7.97. The molecule has 0 saturated carbocycles. The third-order valence-electron chi connectivity index (χ3n) is 4.65. The maximum Gasteiger partial charge on any atom is 0.305 e. The number of unbranched alkanes of at least 4 members (excludes halogenated alkanes) is 2. The molecule has 25 heavy (non-hydrogen) atoms. The Kier molecular flexibility index (Phi) is 5.49. The monoisotopic (exact) mass is 336 g/mol. The van der Waals surface area contributed by atoms with Gasteiger partial charge in [0.25, 0.3) is 0 Å². The Morgan fingerprint density at radius 2 is 1.96 bits per heavy atom. The average Bonchev–Trinajstić information content (AvgIpc) is 2.94. The number of para-hydroxylation sites is 1. The van der Waals surface area contributed by atoms with Crippen LogP contribution in [0.25, 0.3) is 22.2 Å². The zero-order valence-corrected chi connectivity index (χ0v) is 14.9. The zero-order chi connectivity index (χ0) is 17.6. The van der Waals surface area contributed by atoms with Gasteiger partial charge in [-0.3, -0.25) is 9.78 Å². The van der Waals surface area contributed by atoms with Crippen LogP contribution in [0.2, 0.25) is 0 Å². The standard InChI is InChI=1S/C21H24N2O2/c1-16-18-10-5-6-11-19(18)23(14-7-3-4-12-20(24)25-2)21(16)17-9-8-13-22-15-17/h5-6,8-11,13,15H,3-4,7,12,14H2,1-2H3. The molecule has 0 bridgehead atoms. The number of benzene rings is 1. The second-order valence-electron chi connectivity index (χ2n) is 6.27. The largest absolute Gasteiger partial charge is 0.469 e. The molecule has 0 atom stereocenters. The third kappa shape index (κ3) is 3.73. The van der Waals surface area contributed by atoms with Crippen molar-refractivity contribution in [2.24, 2.45) is 0 Å². The van der Waals surface area contributed by atoms with Crippen LogP contribution in [0.3, 0.4) is 0 Å². The fraction of sp³-hybridized carbons (Fsp3) is 0.333. The molecule has 0 N–H and O–H groups in total. The highest BCUT2D eigenvalue weighted by atomic mass is 16.5. The first-order chi connectivity index (χ1) is 12.2. The minimum Gasteiger partial charge on any atom is -0.469 e. The summed E-state index contributed by atoms with van der Waals surface area (Å²) in [7, 11) is 1.44. The molecule has 0 fully saturated rings. The topological polar surface area (TPSA) is 44.1 Å². The van der Waals surface area contributed by atoms with Crippen molar-refractivity contribution in [2.75, 3.05) is 7.11 Å². The van der Waals surface area contributed by atoms with Gasteiger partial charge in [0.2, 0.25) is 0 Å². The summed E-state index contributed by atoms with van der Waals surface area (Å²) in [5, 5.41) is 1.29. The SMILES string of the molecule is COC(=O)CCCCCn1c(-c2cccnc2)c(C)c2ccccc21. The highest BCUT2D eigenvalue weighted by Crippen LogP contribution is 2.33. The van der Waals surface area contributed by atoms with Crippen LogP contribution in [0.1, 0.15) is 31.2 Å². The van der Waals surface area contributed by atoms with E-state index in [1.54, 1.807) is 6.20 Å². The van der Waals surface area contributed by atoms with Crippen molar-refractivity contribution in [3.8, 4) is 11.3 Å². The van der Waals surface area contributed by atoms with Crippen LogP contribution < -0.4 is 0 Å². The number of ether oxygens (including phenoxy) is 1. The predicted molar refractivity (Wildman–Crippen MR) is 100 cm³/mol. The molecule has 130 valence electrons. The first-order valence-electron chi connectivity index (χ1n) is 8.77. The number of nitrogens with zero attached hydrogens (tertiary/aromatic N) is 2. The number of pyridine rings is 1. The molecule has 3 rings (SSSR count). The van der Waals surface area contributed by atoms with Gasteiger partial charge in [0.15, 0.2) is 0 Å². The molecule has 0 spiro atoms. The van der Waals surface area contributed by atoms with Crippen LogP contribution in [0, 0.1) is 6.92 Å². The van der Waals surface area contributed by atoms with Crippen molar-refractivity contribution in [1.29, 1.82) is 0 Å². The van der Waals surface area contributed by atoms with E-state index in [4.69, 9.17) is 4.74 Å². The molecule has 4 nitrogen and oxygen atoms in total. The maximum atomic E-state index is 11.2. The van der Waals surface area contributed by atoms with E-state index in [-0.39, 0.29) is 5.97 Å². The second-order valence-corrected chi connectivity index (χ2v) is 6.27. The van der Waals surface area contributed by atoms with E-state index in [9.17, 15) is 4.79 Å². The normalized spacial score (nSPS) is 11.0. The van der Waals surface area contributed by atoms with Gasteiger partial charge < -0.3 is 9.30 Å². The molecular formula is C21H24N2O2. The lowest BCUT2D eigenvalue weighted by Crippen LogP contribution is -2.03. The quantitative estimate of drug-likeness (QED) is 0.462. The molecule has 0 amide bonds. The molecule has 0 unspecified atom stereocenters. The molecule has 0 radical (unpaired) electrons. The number of carbonyl (C=O) groups excluding carboxylic acids is 1. The van der Waals surface area contributed by atoms with Gasteiger partial charge in [-0.15, -0.1) is 0 Å². The third-order valence-corrected chi connectivity index (χ3v) is 4.65. The van der Waals surface area contributed by atoms with Gasteiger partial charge >= 0.3 is 5.97 Å².